The fourth-order valence-electron chi connectivity index (χ4n) is 1.49. The molecule has 0 spiro atoms. The average molecular weight is 211 g/mol. The minimum Gasteiger partial charge on any atom is -0.478 e. The van der Waals surface area contributed by atoms with Gasteiger partial charge in [0.25, 0.3) is 0 Å². The lowest BCUT2D eigenvalue weighted by atomic mass is 9.83. The third-order valence-corrected chi connectivity index (χ3v) is 2.16. The SMILES string of the molecule is CC(C)(CC(N)=O)c1[nH]ncc1C(=O)O. The van der Waals surface area contributed by atoms with E-state index in [1.165, 1.54) is 6.20 Å². The Morgan fingerprint density at radius 2 is 2.20 bits per heavy atom. The monoisotopic (exact) mass is 211 g/mol. The van der Waals surface area contributed by atoms with Crippen molar-refractivity contribution in [3.05, 3.63) is 17.5 Å². The van der Waals surface area contributed by atoms with Gasteiger partial charge in [0.2, 0.25) is 5.91 Å². The lowest BCUT2D eigenvalue weighted by Gasteiger charge is -2.21. The summed E-state index contributed by atoms with van der Waals surface area (Å²) in [5.41, 5.74) is 4.92. The molecule has 82 valence electrons. The van der Waals surface area contributed by atoms with Crippen molar-refractivity contribution in [2.45, 2.75) is 25.7 Å². The number of carbonyl (C=O) groups is 2. The first kappa shape index (κ1) is 11.2. The van der Waals surface area contributed by atoms with E-state index in [4.69, 9.17) is 10.8 Å². The number of hydrogen-bond donors (Lipinski definition) is 3. The molecule has 0 saturated heterocycles. The van der Waals surface area contributed by atoms with E-state index >= 15 is 0 Å². The van der Waals surface area contributed by atoms with E-state index in [9.17, 15) is 9.59 Å². The number of H-pyrrole nitrogens is 1. The van der Waals surface area contributed by atoms with Crippen molar-refractivity contribution in [1.29, 1.82) is 0 Å². The van der Waals surface area contributed by atoms with Gasteiger partial charge in [0.05, 0.1) is 11.9 Å². The molecule has 0 aliphatic carbocycles. The van der Waals surface area contributed by atoms with Crippen molar-refractivity contribution in [3.8, 4) is 0 Å². The Morgan fingerprint density at radius 1 is 1.60 bits per heavy atom. The van der Waals surface area contributed by atoms with Gasteiger partial charge in [-0.05, 0) is 0 Å². The number of aromatic nitrogens is 2. The van der Waals surface area contributed by atoms with Crippen LogP contribution in [-0.2, 0) is 10.2 Å². The molecule has 1 aromatic heterocycles. The number of nitrogens with one attached hydrogen (secondary N) is 1. The highest BCUT2D eigenvalue weighted by molar-refractivity contribution is 5.89. The molecule has 0 fully saturated rings. The summed E-state index contributed by atoms with van der Waals surface area (Å²) in [7, 11) is 0. The summed E-state index contributed by atoms with van der Waals surface area (Å²) in [5.74, 6) is -1.55. The van der Waals surface area contributed by atoms with Gasteiger partial charge >= 0.3 is 5.97 Å². The van der Waals surface area contributed by atoms with Gasteiger partial charge < -0.3 is 10.8 Å². The molecule has 0 radical (unpaired) electrons. The van der Waals surface area contributed by atoms with Crippen molar-refractivity contribution in [1.82, 2.24) is 10.2 Å². The molecule has 6 heteroatoms. The van der Waals surface area contributed by atoms with E-state index in [0.717, 1.165) is 0 Å². The largest absolute Gasteiger partial charge is 0.478 e. The normalized spacial score (nSPS) is 11.3. The first-order valence-corrected chi connectivity index (χ1v) is 4.40. The molecular formula is C9H13N3O3. The fraction of sp³-hybridized carbons (Fsp3) is 0.444. The van der Waals surface area contributed by atoms with Crippen LogP contribution >= 0.6 is 0 Å². The van der Waals surface area contributed by atoms with Gasteiger partial charge in [0, 0.05) is 11.8 Å². The van der Waals surface area contributed by atoms with Crippen LogP contribution in [0, 0.1) is 0 Å². The molecule has 1 heterocycles. The minimum absolute atomic E-state index is 0.0650. The van der Waals surface area contributed by atoms with Crippen LogP contribution in [0.1, 0.15) is 36.3 Å². The highest BCUT2D eigenvalue weighted by atomic mass is 16.4. The Labute approximate surface area is 86.5 Å². The quantitative estimate of drug-likeness (QED) is 0.663. The van der Waals surface area contributed by atoms with E-state index in [1.807, 2.05) is 0 Å². The van der Waals surface area contributed by atoms with Crippen molar-refractivity contribution in [3.63, 3.8) is 0 Å². The van der Waals surface area contributed by atoms with Gasteiger partial charge in [-0.2, -0.15) is 5.10 Å². The van der Waals surface area contributed by atoms with Crippen LogP contribution < -0.4 is 5.73 Å². The number of carboxylic acids is 1. The third-order valence-electron chi connectivity index (χ3n) is 2.16. The van der Waals surface area contributed by atoms with E-state index in [-0.39, 0.29) is 12.0 Å². The van der Waals surface area contributed by atoms with E-state index in [1.54, 1.807) is 13.8 Å². The van der Waals surface area contributed by atoms with Crippen molar-refractivity contribution >= 4 is 11.9 Å². The fourth-order valence-corrected chi connectivity index (χ4v) is 1.49. The van der Waals surface area contributed by atoms with Crippen molar-refractivity contribution < 1.29 is 14.7 Å². The second-order valence-electron chi connectivity index (χ2n) is 3.99. The molecule has 1 aromatic rings. The number of nitrogens with zero attached hydrogens (tertiary/aromatic N) is 1. The Hall–Kier alpha value is -1.85. The Bertz CT molecular complexity index is 395. The molecule has 0 aliphatic heterocycles. The molecule has 4 N–H and O–H groups in total. The predicted molar refractivity (Wildman–Crippen MR) is 52.4 cm³/mol. The van der Waals surface area contributed by atoms with Gasteiger partial charge in [-0.3, -0.25) is 9.89 Å². The summed E-state index contributed by atoms with van der Waals surface area (Å²) in [5, 5.41) is 15.1. The summed E-state index contributed by atoms with van der Waals surface area (Å²) in [6.45, 7) is 3.47. The first-order valence-electron chi connectivity index (χ1n) is 4.40. The molecule has 0 atom stereocenters. The van der Waals surface area contributed by atoms with Gasteiger partial charge in [0.15, 0.2) is 0 Å². The van der Waals surface area contributed by atoms with Crippen LogP contribution in [-0.4, -0.2) is 27.2 Å². The molecule has 1 amide bonds. The number of aromatic carboxylic acids is 1. The molecule has 15 heavy (non-hydrogen) atoms. The van der Waals surface area contributed by atoms with E-state index < -0.39 is 17.3 Å². The molecule has 0 unspecified atom stereocenters. The van der Waals surface area contributed by atoms with Gasteiger partial charge in [-0.15, -0.1) is 0 Å². The Kier molecular flexibility index (Phi) is 2.78. The summed E-state index contributed by atoms with van der Waals surface area (Å²) < 4.78 is 0. The zero-order chi connectivity index (χ0) is 11.6. The second-order valence-corrected chi connectivity index (χ2v) is 3.99. The summed E-state index contributed by atoms with van der Waals surface area (Å²) in [6.07, 6.45) is 1.29. The maximum atomic E-state index is 10.8. The highest BCUT2D eigenvalue weighted by Crippen LogP contribution is 2.27. The molecule has 0 saturated carbocycles. The maximum absolute atomic E-state index is 10.8. The number of hydrogen-bond acceptors (Lipinski definition) is 3. The summed E-state index contributed by atoms with van der Waals surface area (Å²) in [6, 6.07) is 0. The lowest BCUT2D eigenvalue weighted by Crippen LogP contribution is -2.28. The lowest BCUT2D eigenvalue weighted by molar-refractivity contribution is -0.119. The van der Waals surface area contributed by atoms with E-state index in [0.29, 0.717) is 5.69 Å². The average Bonchev–Trinajstić information content (AvgIpc) is 2.48. The first-order chi connectivity index (χ1) is 6.84. The van der Waals surface area contributed by atoms with Crippen LogP contribution in [0.15, 0.2) is 6.20 Å². The zero-order valence-electron chi connectivity index (χ0n) is 8.57. The van der Waals surface area contributed by atoms with Crippen LogP contribution in [0.3, 0.4) is 0 Å². The molecular weight excluding hydrogens is 198 g/mol. The maximum Gasteiger partial charge on any atom is 0.339 e. The Balaban J connectivity index is 3.09. The highest BCUT2D eigenvalue weighted by Gasteiger charge is 2.29. The smallest absolute Gasteiger partial charge is 0.339 e. The van der Waals surface area contributed by atoms with Crippen molar-refractivity contribution in [2.75, 3.05) is 0 Å². The number of carboxylic acid groups (broad SMARTS) is 1. The van der Waals surface area contributed by atoms with Crippen LogP contribution in [0.5, 0.6) is 0 Å². The van der Waals surface area contributed by atoms with Gasteiger partial charge in [0.1, 0.15) is 5.56 Å². The standard InChI is InChI=1S/C9H13N3O3/c1-9(2,3-6(10)13)7-5(8(14)15)4-11-12-7/h4H,3H2,1-2H3,(H2,10,13)(H,11,12)(H,14,15). The summed E-state index contributed by atoms with van der Waals surface area (Å²) >= 11 is 0. The molecule has 1 rings (SSSR count). The second kappa shape index (κ2) is 3.72. The number of primary amides is 1. The predicted octanol–water partition coefficient (Wildman–Crippen LogP) is 0.261. The van der Waals surface area contributed by atoms with Gasteiger partial charge in [-0.1, -0.05) is 13.8 Å². The molecule has 0 bridgehead atoms. The topological polar surface area (TPSA) is 109 Å². The molecule has 0 aliphatic rings. The van der Waals surface area contributed by atoms with E-state index in [2.05, 4.69) is 10.2 Å². The molecule has 6 nitrogen and oxygen atoms in total. The number of rotatable bonds is 4. The minimum atomic E-state index is -1.07. The Morgan fingerprint density at radius 3 is 2.67 bits per heavy atom. The number of nitrogens with two attached hydrogens (primary N) is 1. The number of amides is 1. The number of aromatic amines is 1. The zero-order valence-corrected chi connectivity index (χ0v) is 8.57. The van der Waals surface area contributed by atoms with Crippen molar-refractivity contribution in [2.24, 2.45) is 5.73 Å². The van der Waals surface area contributed by atoms with Gasteiger partial charge in [-0.25, -0.2) is 4.79 Å². The van der Waals surface area contributed by atoms with Crippen LogP contribution in [0.4, 0.5) is 0 Å². The molecule has 0 aromatic carbocycles. The number of carbonyl (C=O) groups excluding carboxylic acids is 1. The summed E-state index contributed by atoms with van der Waals surface area (Å²) in [4.78, 5) is 21.7. The van der Waals surface area contributed by atoms with Crippen LogP contribution in [0.25, 0.3) is 0 Å². The third kappa shape index (κ3) is 2.34. The van der Waals surface area contributed by atoms with Crippen LogP contribution in [0.2, 0.25) is 0 Å².